The lowest BCUT2D eigenvalue weighted by Crippen LogP contribution is -2.37. The zero-order valence-corrected chi connectivity index (χ0v) is 10.7. The highest BCUT2D eigenvalue weighted by atomic mass is 16.5. The Balaban J connectivity index is 1.68. The predicted octanol–water partition coefficient (Wildman–Crippen LogP) is 3.38. The predicted molar refractivity (Wildman–Crippen MR) is 71.4 cm³/mol. The van der Waals surface area contributed by atoms with Crippen molar-refractivity contribution in [3.63, 3.8) is 0 Å². The molecule has 2 nitrogen and oxygen atoms in total. The first-order chi connectivity index (χ1) is 8.34. The number of para-hydroxylation sites is 1. The molecule has 1 aromatic carbocycles. The highest BCUT2D eigenvalue weighted by Crippen LogP contribution is 2.17. The van der Waals surface area contributed by atoms with E-state index in [1.807, 2.05) is 30.3 Å². The van der Waals surface area contributed by atoms with Crippen molar-refractivity contribution in [3.8, 4) is 5.75 Å². The first-order valence-electron chi connectivity index (χ1n) is 6.79. The molecule has 1 N–H and O–H groups in total. The van der Waals surface area contributed by atoms with Crippen LogP contribution in [0.15, 0.2) is 30.3 Å². The van der Waals surface area contributed by atoms with Gasteiger partial charge in [-0.15, -0.1) is 0 Å². The standard InChI is InChI=1S/C15H23NO/c1-13(17-15-10-6-3-7-11-15)12-16-14-8-4-2-5-9-14/h3,6-7,10-11,13-14,16H,2,4-5,8-9,12H2,1H3. The van der Waals surface area contributed by atoms with Crippen molar-refractivity contribution >= 4 is 0 Å². The van der Waals surface area contributed by atoms with Crippen LogP contribution in [-0.4, -0.2) is 18.7 Å². The molecule has 1 aliphatic carbocycles. The summed E-state index contributed by atoms with van der Waals surface area (Å²) in [5.41, 5.74) is 0. The molecule has 1 aromatic rings. The van der Waals surface area contributed by atoms with E-state index < -0.39 is 0 Å². The van der Waals surface area contributed by atoms with Gasteiger partial charge in [-0.2, -0.15) is 0 Å². The third-order valence-corrected chi connectivity index (χ3v) is 3.38. The van der Waals surface area contributed by atoms with Crippen LogP contribution in [0.2, 0.25) is 0 Å². The molecular weight excluding hydrogens is 210 g/mol. The van der Waals surface area contributed by atoms with Crippen LogP contribution >= 0.6 is 0 Å². The van der Waals surface area contributed by atoms with E-state index in [4.69, 9.17) is 4.74 Å². The molecule has 17 heavy (non-hydrogen) atoms. The fourth-order valence-electron chi connectivity index (χ4n) is 2.41. The summed E-state index contributed by atoms with van der Waals surface area (Å²) in [5.74, 6) is 0.963. The summed E-state index contributed by atoms with van der Waals surface area (Å²) in [6.45, 7) is 3.07. The van der Waals surface area contributed by atoms with Crippen molar-refractivity contribution in [2.45, 2.75) is 51.2 Å². The van der Waals surface area contributed by atoms with Gasteiger partial charge in [0.2, 0.25) is 0 Å². The van der Waals surface area contributed by atoms with Crippen molar-refractivity contribution in [2.75, 3.05) is 6.54 Å². The van der Waals surface area contributed by atoms with Gasteiger partial charge >= 0.3 is 0 Å². The molecular formula is C15H23NO. The molecule has 0 radical (unpaired) electrons. The first-order valence-corrected chi connectivity index (χ1v) is 6.79. The molecule has 0 spiro atoms. The minimum atomic E-state index is 0.235. The van der Waals surface area contributed by atoms with Crippen molar-refractivity contribution in [1.82, 2.24) is 5.32 Å². The van der Waals surface area contributed by atoms with Gasteiger partial charge < -0.3 is 10.1 Å². The summed E-state index contributed by atoms with van der Waals surface area (Å²) in [6, 6.07) is 10.8. The van der Waals surface area contributed by atoms with Crippen molar-refractivity contribution in [2.24, 2.45) is 0 Å². The van der Waals surface area contributed by atoms with E-state index >= 15 is 0 Å². The van der Waals surface area contributed by atoms with Crippen LogP contribution in [0.3, 0.4) is 0 Å². The van der Waals surface area contributed by atoms with E-state index in [0.29, 0.717) is 6.04 Å². The van der Waals surface area contributed by atoms with Crippen LogP contribution in [0.4, 0.5) is 0 Å². The summed E-state index contributed by atoms with van der Waals surface area (Å²) < 4.78 is 5.84. The lowest BCUT2D eigenvalue weighted by Gasteiger charge is -2.25. The second kappa shape index (κ2) is 6.65. The Hall–Kier alpha value is -1.02. The zero-order chi connectivity index (χ0) is 11.9. The van der Waals surface area contributed by atoms with Gasteiger partial charge in [0.15, 0.2) is 0 Å². The molecule has 0 bridgehead atoms. The number of nitrogens with one attached hydrogen (secondary N) is 1. The molecule has 0 saturated heterocycles. The summed E-state index contributed by atoms with van der Waals surface area (Å²) in [7, 11) is 0. The minimum Gasteiger partial charge on any atom is -0.489 e. The molecule has 0 amide bonds. The lowest BCUT2D eigenvalue weighted by molar-refractivity contribution is 0.205. The molecule has 1 saturated carbocycles. The summed E-state index contributed by atoms with van der Waals surface area (Å²) in [4.78, 5) is 0. The SMILES string of the molecule is CC(CNC1CCCCC1)Oc1ccccc1. The lowest BCUT2D eigenvalue weighted by atomic mass is 9.95. The van der Waals surface area contributed by atoms with Gasteiger partial charge in [-0.3, -0.25) is 0 Å². The molecule has 0 aliphatic heterocycles. The third kappa shape index (κ3) is 4.39. The van der Waals surface area contributed by atoms with Crippen molar-refractivity contribution < 1.29 is 4.74 Å². The van der Waals surface area contributed by atoms with Gasteiger partial charge in [-0.05, 0) is 31.9 Å². The van der Waals surface area contributed by atoms with Gasteiger partial charge in [0.1, 0.15) is 11.9 Å². The fraction of sp³-hybridized carbons (Fsp3) is 0.600. The topological polar surface area (TPSA) is 21.3 Å². The Kier molecular flexibility index (Phi) is 4.87. The van der Waals surface area contributed by atoms with Crippen LogP contribution in [0.25, 0.3) is 0 Å². The van der Waals surface area contributed by atoms with Crippen LogP contribution in [-0.2, 0) is 0 Å². The molecule has 2 heteroatoms. The second-order valence-electron chi connectivity index (χ2n) is 4.98. The number of hydrogen-bond donors (Lipinski definition) is 1. The Labute approximate surface area is 104 Å². The maximum absolute atomic E-state index is 5.84. The van der Waals surface area contributed by atoms with Gasteiger partial charge in [0, 0.05) is 12.6 Å². The Bertz CT molecular complexity index is 306. The molecule has 1 aliphatic rings. The van der Waals surface area contributed by atoms with Crippen molar-refractivity contribution in [1.29, 1.82) is 0 Å². The molecule has 2 rings (SSSR count). The maximum atomic E-state index is 5.84. The Morgan fingerprint density at radius 2 is 1.88 bits per heavy atom. The first kappa shape index (κ1) is 12.4. The quantitative estimate of drug-likeness (QED) is 0.842. The fourth-order valence-corrected chi connectivity index (χ4v) is 2.41. The third-order valence-electron chi connectivity index (χ3n) is 3.38. The minimum absolute atomic E-state index is 0.235. The summed E-state index contributed by atoms with van der Waals surface area (Å²) in [5, 5.41) is 3.62. The maximum Gasteiger partial charge on any atom is 0.119 e. The number of benzene rings is 1. The van der Waals surface area contributed by atoms with E-state index in [1.165, 1.54) is 32.1 Å². The van der Waals surface area contributed by atoms with E-state index in [0.717, 1.165) is 12.3 Å². The average Bonchev–Trinajstić information content (AvgIpc) is 2.39. The number of rotatable bonds is 5. The van der Waals surface area contributed by atoms with Crippen LogP contribution < -0.4 is 10.1 Å². The average molecular weight is 233 g/mol. The van der Waals surface area contributed by atoms with E-state index in [-0.39, 0.29) is 6.10 Å². The largest absolute Gasteiger partial charge is 0.489 e. The van der Waals surface area contributed by atoms with Gasteiger partial charge in [0.25, 0.3) is 0 Å². The molecule has 94 valence electrons. The highest BCUT2D eigenvalue weighted by molar-refractivity contribution is 5.21. The van der Waals surface area contributed by atoms with E-state index in [2.05, 4.69) is 12.2 Å². The number of ether oxygens (including phenoxy) is 1. The smallest absolute Gasteiger partial charge is 0.119 e. The summed E-state index contributed by atoms with van der Waals surface area (Å²) in [6.07, 6.45) is 7.07. The summed E-state index contributed by atoms with van der Waals surface area (Å²) >= 11 is 0. The van der Waals surface area contributed by atoms with Gasteiger partial charge in [-0.25, -0.2) is 0 Å². The van der Waals surface area contributed by atoms with Gasteiger partial charge in [0.05, 0.1) is 0 Å². The van der Waals surface area contributed by atoms with E-state index in [9.17, 15) is 0 Å². The Morgan fingerprint density at radius 3 is 2.59 bits per heavy atom. The van der Waals surface area contributed by atoms with Crippen LogP contribution in [0.1, 0.15) is 39.0 Å². The van der Waals surface area contributed by atoms with Gasteiger partial charge in [-0.1, -0.05) is 37.5 Å². The van der Waals surface area contributed by atoms with Crippen LogP contribution in [0, 0.1) is 0 Å². The van der Waals surface area contributed by atoms with Crippen molar-refractivity contribution in [3.05, 3.63) is 30.3 Å². The molecule has 1 atom stereocenters. The normalized spacial score (nSPS) is 18.9. The van der Waals surface area contributed by atoms with E-state index in [1.54, 1.807) is 0 Å². The monoisotopic (exact) mass is 233 g/mol. The highest BCUT2D eigenvalue weighted by Gasteiger charge is 2.13. The Morgan fingerprint density at radius 1 is 1.18 bits per heavy atom. The molecule has 1 fully saturated rings. The second-order valence-corrected chi connectivity index (χ2v) is 4.98. The van der Waals surface area contributed by atoms with Crippen LogP contribution in [0.5, 0.6) is 5.75 Å². The number of hydrogen-bond acceptors (Lipinski definition) is 2. The molecule has 1 unspecified atom stereocenters. The molecule has 0 aromatic heterocycles. The zero-order valence-electron chi connectivity index (χ0n) is 10.7. The molecule has 0 heterocycles.